The van der Waals surface area contributed by atoms with Gasteiger partial charge in [0.05, 0.1) is 21.4 Å². The van der Waals surface area contributed by atoms with Crippen LogP contribution in [0.4, 0.5) is 24.5 Å². The van der Waals surface area contributed by atoms with Gasteiger partial charge in [0.25, 0.3) is 5.69 Å². The molecule has 24 heavy (non-hydrogen) atoms. The number of benzene rings is 1. The number of piperidine rings is 1. The lowest BCUT2D eigenvalue weighted by atomic mass is 9.95. The summed E-state index contributed by atoms with van der Waals surface area (Å²) in [6.45, 7) is 0.493. The Morgan fingerprint density at radius 3 is 2.54 bits per heavy atom. The standard InChI is InChI=1S/C15H13ClF3N3O2/c16-11-7-10(22(23)24)8-12-14(11)13(1-4-20-12)21-5-2-9(3-6-21)15(17,18)19/h1,4,7-9H,2-3,5-6H2. The van der Waals surface area contributed by atoms with Crippen molar-refractivity contribution in [3.8, 4) is 0 Å². The van der Waals surface area contributed by atoms with Crippen molar-refractivity contribution < 1.29 is 18.1 Å². The lowest BCUT2D eigenvalue weighted by Gasteiger charge is -2.35. The van der Waals surface area contributed by atoms with E-state index >= 15 is 0 Å². The van der Waals surface area contributed by atoms with Crippen LogP contribution >= 0.6 is 11.6 Å². The third-order valence-electron chi connectivity index (χ3n) is 4.27. The number of pyridine rings is 1. The molecule has 2 heterocycles. The molecule has 1 aliphatic rings. The minimum Gasteiger partial charge on any atom is -0.371 e. The van der Waals surface area contributed by atoms with E-state index in [0.29, 0.717) is 16.6 Å². The van der Waals surface area contributed by atoms with Gasteiger partial charge in [-0.25, -0.2) is 0 Å². The highest BCUT2D eigenvalue weighted by Crippen LogP contribution is 2.39. The van der Waals surface area contributed by atoms with E-state index in [9.17, 15) is 23.3 Å². The van der Waals surface area contributed by atoms with Gasteiger partial charge in [-0.05, 0) is 18.9 Å². The van der Waals surface area contributed by atoms with Crippen molar-refractivity contribution in [1.82, 2.24) is 4.98 Å². The van der Waals surface area contributed by atoms with Crippen LogP contribution in [0.25, 0.3) is 10.9 Å². The monoisotopic (exact) mass is 359 g/mol. The maximum atomic E-state index is 12.8. The predicted octanol–water partition coefficient (Wildman–Crippen LogP) is 4.58. The van der Waals surface area contributed by atoms with Gasteiger partial charge in [0.1, 0.15) is 0 Å². The molecule has 128 valence electrons. The Morgan fingerprint density at radius 1 is 1.29 bits per heavy atom. The molecule has 9 heteroatoms. The first-order valence-corrected chi connectivity index (χ1v) is 7.69. The Balaban J connectivity index is 1.95. The normalized spacial score (nSPS) is 16.6. The van der Waals surface area contributed by atoms with Crippen LogP contribution in [0.1, 0.15) is 12.8 Å². The molecular formula is C15H13ClF3N3O2. The number of fused-ring (bicyclic) bond motifs is 1. The average molecular weight is 360 g/mol. The highest BCUT2D eigenvalue weighted by Gasteiger charge is 2.41. The zero-order valence-corrected chi connectivity index (χ0v) is 13.1. The summed E-state index contributed by atoms with van der Waals surface area (Å²) < 4.78 is 38.4. The van der Waals surface area contributed by atoms with Crippen molar-refractivity contribution in [2.75, 3.05) is 18.0 Å². The van der Waals surface area contributed by atoms with E-state index in [1.807, 2.05) is 4.90 Å². The number of hydrogen-bond acceptors (Lipinski definition) is 4. The van der Waals surface area contributed by atoms with Crippen molar-refractivity contribution in [1.29, 1.82) is 0 Å². The van der Waals surface area contributed by atoms with E-state index in [1.165, 1.54) is 18.3 Å². The highest BCUT2D eigenvalue weighted by molar-refractivity contribution is 6.36. The van der Waals surface area contributed by atoms with Gasteiger partial charge in [-0.15, -0.1) is 0 Å². The van der Waals surface area contributed by atoms with Crippen LogP contribution < -0.4 is 4.90 Å². The molecular weight excluding hydrogens is 347 g/mol. The summed E-state index contributed by atoms with van der Waals surface area (Å²) in [5.74, 6) is -1.29. The van der Waals surface area contributed by atoms with Gasteiger partial charge in [0.2, 0.25) is 0 Å². The fraction of sp³-hybridized carbons (Fsp3) is 0.400. The van der Waals surface area contributed by atoms with Crippen molar-refractivity contribution in [3.05, 3.63) is 39.5 Å². The van der Waals surface area contributed by atoms with Crippen LogP contribution in [0, 0.1) is 16.0 Å². The second-order valence-electron chi connectivity index (χ2n) is 5.71. The Kier molecular flexibility index (Phi) is 4.25. The minimum atomic E-state index is -4.18. The SMILES string of the molecule is O=[N+]([O-])c1cc(Cl)c2c(N3CCC(C(F)(F)F)CC3)ccnc2c1. The third-order valence-corrected chi connectivity index (χ3v) is 4.56. The maximum Gasteiger partial charge on any atom is 0.391 e. The number of nitro groups is 1. The molecule has 0 radical (unpaired) electrons. The number of non-ortho nitro benzene ring substituents is 1. The van der Waals surface area contributed by atoms with Crippen molar-refractivity contribution in [3.63, 3.8) is 0 Å². The fourth-order valence-corrected chi connectivity index (χ4v) is 3.33. The fourth-order valence-electron chi connectivity index (χ4n) is 3.02. The van der Waals surface area contributed by atoms with Crippen LogP contribution in [0.3, 0.4) is 0 Å². The summed E-state index contributed by atoms with van der Waals surface area (Å²) in [4.78, 5) is 16.3. The first-order valence-electron chi connectivity index (χ1n) is 7.31. The molecule has 0 spiro atoms. The van der Waals surface area contributed by atoms with E-state index in [4.69, 9.17) is 11.6 Å². The molecule has 0 atom stereocenters. The van der Waals surface area contributed by atoms with E-state index in [1.54, 1.807) is 6.07 Å². The van der Waals surface area contributed by atoms with Gasteiger partial charge in [-0.1, -0.05) is 11.6 Å². The molecule has 3 rings (SSSR count). The van der Waals surface area contributed by atoms with E-state index < -0.39 is 17.0 Å². The number of hydrogen-bond donors (Lipinski definition) is 0. The average Bonchev–Trinajstić information content (AvgIpc) is 2.53. The van der Waals surface area contributed by atoms with Gasteiger partial charge in [-0.2, -0.15) is 13.2 Å². The first kappa shape index (κ1) is 16.8. The first-order chi connectivity index (χ1) is 11.3. The van der Waals surface area contributed by atoms with Crippen LogP contribution in [0.5, 0.6) is 0 Å². The second-order valence-corrected chi connectivity index (χ2v) is 6.12. The number of rotatable bonds is 2. The summed E-state index contributed by atoms with van der Waals surface area (Å²) in [5, 5.41) is 11.6. The van der Waals surface area contributed by atoms with E-state index in [-0.39, 0.29) is 36.6 Å². The third kappa shape index (κ3) is 3.10. The Morgan fingerprint density at radius 2 is 1.96 bits per heavy atom. The molecule has 1 aromatic heterocycles. The Bertz CT molecular complexity index is 789. The van der Waals surface area contributed by atoms with Crippen LogP contribution in [0.2, 0.25) is 5.02 Å². The zero-order valence-electron chi connectivity index (χ0n) is 12.4. The van der Waals surface area contributed by atoms with Crippen molar-refractivity contribution in [2.24, 2.45) is 5.92 Å². The molecule has 5 nitrogen and oxygen atoms in total. The summed E-state index contributed by atoms with van der Waals surface area (Å²) in [5.41, 5.74) is 0.832. The van der Waals surface area contributed by atoms with Crippen molar-refractivity contribution in [2.45, 2.75) is 19.0 Å². The Labute approximate surface area is 140 Å². The topological polar surface area (TPSA) is 59.3 Å². The number of anilines is 1. The smallest absolute Gasteiger partial charge is 0.371 e. The zero-order chi connectivity index (χ0) is 17.5. The number of nitrogens with zero attached hydrogens (tertiary/aromatic N) is 3. The number of nitro benzene ring substituents is 1. The quantitative estimate of drug-likeness (QED) is 0.582. The van der Waals surface area contributed by atoms with Crippen LogP contribution in [-0.4, -0.2) is 29.2 Å². The molecule has 0 amide bonds. The molecule has 0 aliphatic carbocycles. The van der Waals surface area contributed by atoms with Crippen molar-refractivity contribution >= 4 is 33.9 Å². The number of aromatic nitrogens is 1. The lowest BCUT2D eigenvalue weighted by Crippen LogP contribution is -2.39. The molecule has 1 aromatic carbocycles. The number of halogens is 4. The molecule has 0 N–H and O–H groups in total. The predicted molar refractivity (Wildman–Crippen MR) is 84.4 cm³/mol. The number of alkyl halides is 3. The highest BCUT2D eigenvalue weighted by atomic mass is 35.5. The minimum absolute atomic E-state index is 0.0118. The molecule has 0 bridgehead atoms. The molecule has 2 aromatic rings. The summed E-state index contributed by atoms with van der Waals surface area (Å²) in [7, 11) is 0. The maximum absolute atomic E-state index is 12.8. The molecule has 1 saturated heterocycles. The van der Waals surface area contributed by atoms with Gasteiger partial charge in [-0.3, -0.25) is 15.1 Å². The molecule has 0 unspecified atom stereocenters. The van der Waals surface area contributed by atoms with Gasteiger partial charge in [0, 0.05) is 42.5 Å². The second kappa shape index (κ2) is 6.08. The molecule has 0 saturated carbocycles. The Hall–Kier alpha value is -2.09. The largest absolute Gasteiger partial charge is 0.391 e. The van der Waals surface area contributed by atoms with Gasteiger partial charge < -0.3 is 4.90 Å². The summed E-state index contributed by atoms with van der Waals surface area (Å²) in [6, 6.07) is 4.22. The summed E-state index contributed by atoms with van der Waals surface area (Å²) >= 11 is 6.18. The molecule has 1 aliphatic heterocycles. The van der Waals surface area contributed by atoms with E-state index in [2.05, 4.69) is 4.98 Å². The van der Waals surface area contributed by atoms with Gasteiger partial charge >= 0.3 is 6.18 Å². The van der Waals surface area contributed by atoms with E-state index in [0.717, 1.165) is 0 Å². The lowest BCUT2D eigenvalue weighted by molar-refractivity contribution is -0.384. The molecule has 1 fully saturated rings. The van der Waals surface area contributed by atoms with Crippen LogP contribution in [0.15, 0.2) is 24.4 Å². The van der Waals surface area contributed by atoms with Crippen LogP contribution in [-0.2, 0) is 0 Å². The summed E-state index contributed by atoms with van der Waals surface area (Å²) in [6.07, 6.45) is -2.67. The van der Waals surface area contributed by atoms with Gasteiger partial charge in [0.15, 0.2) is 0 Å².